The summed E-state index contributed by atoms with van der Waals surface area (Å²) in [6.45, 7) is 10.2. The Bertz CT molecular complexity index is 253. The second-order valence-electron chi connectivity index (χ2n) is 6.81. The topological polar surface area (TPSA) is 17.1 Å². The lowest BCUT2D eigenvalue weighted by Crippen LogP contribution is -2.22. The summed E-state index contributed by atoms with van der Waals surface area (Å²) in [4.78, 5) is 12.3. The quantitative estimate of drug-likeness (QED) is 0.607. The molecule has 0 bridgehead atoms. The minimum Gasteiger partial charge on any atom is -0.299 e. The van der Waals surface area contributed by atoms with Crippen molar-refractivity contribution in [2.75, 3.05) is 0 Å². The number of hydrogen-bond donors (Lipinski definition) is 0. The number of allylic oxidation sites excluding steroid dienone is 1. The molecule has 0 aromatic rings. The van der Waals surface area contributed by atoms with Crippen LogP contribution in [-0.2, 0) is 4.79 Å². The van der Waals surface area contributed by atoms with Crippen LogP contribution in [0.3, 0.4) is 0 Å². The molecule has 0 aliphatic heterocycles. The van der Waals surface area contributed by atoms with E-state index in [-0.39, 0.29) is 11.3 Å². The van der Waals surface area contributed by atoms with Gasteiger partial charge in [-0.2, -0.15) is 0 Å². The van der Waals surface area contributed by atoms with E-state index >= 15 is 0 Å². The number of carbonyl (C=O) groups is 1. The molecule has 1 nitrogen and oxygen atoms in total. The first kappa shape index (κ1) is 14.5. The van der Waals surface area contributed by atoms with Crippen molar-refractivity contribution in [2.24, 2.45) is 17.3 Å². The van der Waals surface area contributed by atoms with E-state index in [1.807, 2.05) is 6.08 Å². The Labute approximate surface area is 107 Å². The second-order valence-corrected chi connectivity index (χ2v) is 6.81. The maximum Gasteiger partial charge on any atom is 0.136 e. The van der Waals surface area contributed by atoms with Crippen molar-refractivity contribution in [3.8, 4) is 0 Å². The smallest absolute Gasteiger partial charge is 0.136 e. The molecule has 0 aromatic carbocycles. The maximum absolute atomic E-state index is 12.3. The lowest BCUT2D eigenvalue weighted by molar-refractivity contribution is -0.125. The SMILES string of the molecule is C=CCC(CC1CCCC1)C(=O)CC(C)(C)C. The number of rotatable bonds is 6. The van der Waals surface area contributed by atoms with Gasteiger partial charge in [0.1, 0.15) is 5.78 Å². The fraction of sp³-hybridized carbons (Fsp3) is 0.812. The zero-order chi connectivity index (χ0) is 12.9. The van der Waals surface area contributed by atoms with E-state index in [1.165, 1.54) is 25.7 Å². The Morgan fingerprint density at radius 2 is 1.94 bits per heavy atom. The van der Waals surface area contributed by atoms with Crippen LogP contribution in [0, 0.1) is 17.3 Å². The van der Waals surface area contributed by atoms with Crippen molar-refractivity contribution >= 4 is 5.78 Å². The first-order chi connectivity index (χ1) is 7.92. The normalized spacial score (nSPS) is 19.2. The van der Waals surface area contributed by atoms with E-state index in [9.17, 15) is 4.79 Å². The summed E-state index contributed by atoms with van der Waals surface area (Å²) in [6.07, 6.45) is 9.97. The second kappa shape index (κ2) is 6.37. The van der Waals surface area contributed by atoms with Crippen LogP contribution in [0.2, 0.25) is 0 Å². The van der Waals surface area contributed by atoms with Gasteiger partial charge in [-0.05, 0) is 24.2 Å². The van der Waals surface area contributed by atoms with E-state index < -0.39 is 0 Å². The first-order valence-electron chi connectivity index (χ1n) is 7.06. The maximum atomic E-state index is 12.3. The van der Waals surface area contributed by atoms with Gasteiger partial charge in [-0.1, -0.05) is 52.5 Å². The van der Waals surface area contributed by atoms with Crippen molar-refractivity contribution in [3.63, 3.8) is 0 Å². The molecule has 0 spiro atoms. The van der Waals surface area contributed by atoms with E-state index in [1.54, 1.807) is 0 Å². The van der Waals surface area contributed by atoms with Gasteiger partial charge in [-0.3, -0.25) is 4.79 Å². The van der Waals surface area contributed by atoms with Crippen LogP contribution in [0.5, 0.6) is 0 Å². The molecule has 1 aliphatic rings. The minimum absolute atomic E-state index is 0.117. The summed E-state index contributed by atoms with van der Waals surface area (Å²) in [7, 11) is 0. The highest BCUT2D eigenvalue weighted by Crippen LogP contribution is 2.33. The van der Waals surface area contributed by atoms with Crippen molar-refractivity contribution in [3.05, 3.63) is 12.7 Å². The molecule has 0 amide bonds. The van der Waals surface area contributed by atoms with Crippen LogP contribution in [-0.4, -0.2) is 5.78 Å². The van der Waals surface area contributed by atoms with Gasteiger partial charge in [-0.25, -0.2) is 0 Å². The van der Waals surface area contributed by atoms with Gasteiger partial charge in [0.2, 0.25) is 0 Å². The zero-order valence-corrected chi connectivity index (χ0v) is 11.8. The van der Waals surface area contributed by atoms with Crippen molar-refractivity contribution < 1.29 is 4.79 Å². The predicted octanol–water partition coefficient (Wildman–Crippen LogP) is 4.76. The summed E-state index contributed by atoms with van der Waals surface area (Å²) in [5.74, 6) is 1.47. The molecule has 1 rings (SSSR count). The summed E-state index contributed by atoms with van der Waals surface area (Å²) >= 11 is 0. The Balaban J connectivity index is 2.51. The number of hydrogen-bond acceptors (Lipinski definition) is 1. The molecule has 0 heterocycles. The molecule has 0 radical (unpaired) electrons. The van der Waals surface area contributed by atoms with Crippen LogP contribution in [0.15, 0.2) is 12.7 Å². The van der Waals surface area contributed by atoms with E-state index in [0.717, 1.165) is 18.8 Å². The molecule has 0 N–H and O–H groups in total. The monoisotopic (exact) mass is 236 g/mol. The highest BCUT2D eigenvalue weighted by atomic mass is 16.1. The Hall–Kier alpha value is -0.590. The number of ketones is 1. The molecule has 17 heavy (non-hydrogen) atoms. The van der Waals surface area contributed by atoms with Crippen LogP contribution >= 0.6 is 0 Å². The van der Waals surface area contributed by atoms with Gasteiger partial charge in [0.05, 0.1) is 0 Å². The third-order valence-corrected chi connectivity index (χ3v) is 3.70. The molecule has 98 valence electrons. The Kier molecular flexibility index (Phi) is 5.42. The van der Waals surface area contributed by atoms with Gasteiger partial charge in [0.15, 0.2) is 0 Å². The van der Waals surface area contributed by atoms with Crippen LogP contribution < -0.4 is 0 Å². The highest BCUT2D eigenvalue weighted by Gasteiger charge is 2.26. The molecule has 1 atom stereocenters. The molecule has 0 aromatic heterocycles. The van der Waals surface area contributed by atoms with Crippen LogP contribution in [0.25, 0.3) is 0 Å². The summed E-state index contributed by atoms with van der Waals surface area (Å²) in [5.41, 5.74) is 0.117. The molecule has 1 heteroatoms. The van der Waals surface area contributed by atoms with Gasteiger partial charge in [-0.15, -0.1) is 6.58 Å². The predicted molar refractivity (Wildman–Crippen MR) is 74.0 cm³/mol. The van der Waals surface area contributed by atoms with E-state index in [0.29, 0.717) is 12.2 Å². The van der Waals surface area contributed by atoms with Crippen LogP contribution in [0.1, 0.15) is 65.7 Å². The minimum atomic E-state index is 0.117. The highest BCUT2D eigenvalue weighted by molar-refractivity contribution is 5.81. The summed E-state index contributed by atoms with van der Waals surface area (Å²) < 4.78 is 0. The third-order valence-electron chi connectivity index (χ3n) is 3.70. The third kappa shape index (κ3) is 5.52. The fourth-order valence-electron chi connectivity index (χ4n) is 2.88. The standard InChI is InChI=1S/C16H28O/c1-5-8-14(11-13-9-6-7-10-13)15(17)12-16(2,3)4/h5,13-14H,1,6-12H2,2-4H3. The lowest BCUT2D eigenvalue weighted by atomic mass is 9.81. The van der Waals surface area contributed by atoms with Crippen molar-refractivity contribution in [1.82, 2.24) is 0 Å². The van der Waals surface area contributed by atoms with Gasteiger partial charge < -0.3 is 0 Å². The largest absolute Gasteiger partial charge is 0.299 e. The summed E-state index contributed by atoms with van der Waals surface area (Å²) in [6, 6.07) is 0. The Morgan fingerprint density at radius 1 is 1.35 bits per heavy atom. The average molecular weight is 236 g/mol. The fourth-order valence-corrected chi connectivity index (χ4v) is 2.88. The summed E-state index contributed by atoms with van der Waals surface area (Å²) in [5, 5.41) is 0. The average Bonchev–Trinajstić information content (AvgIpc) is 2.67. The number of Topliss-reactive ketones (excluding diaryl/α,β-unsaturated/α-hetero) is 1. The van der Waals surface area contributed by atoms with Crippen molar-refractivity contribution in [2.45, 2.75) is 65.7 Å². The molecule has 1 fully saturated rings. The zero-order valence-electron chi connectivity index (χ0n) is 11.8. The molecule has 1 saturated carbocycles. The van der Waals surface area contributed by atoms with Gasteiger partial charge >= 0.3 is 0 Å². The van der Waals surface area contributed by atoms with Crippen LogP contribution in [0.4, 0.5) is 0 Å². The molecule has 0 saturated heterocycles. The van der Waals surface area contributed by atoms with Gasteiger partial charge in [0, 0.05) is 12.3 Å². The molecule has 1 unspecified atom stereocenters. The first-order valence-corrected chi connectivity index (χ1v) is 7.06. The molecular formula is C16H28O. The lowest BCUT2D eigenvalue weighted by Gasteiger charge is -2.23. The number of carbonyl (C=O) groups excluding carboxylic acids is 1. The van der Waals surface area contributed by atoms with Gasteiger partial charge in [0.25, 0.3) is 0 Å². The Morgan fingerprint density at radius 3 is 2.41 bits per heavy atom. The molecule has 1 aliphatic carbocycles. The van der Waals surface area contributed by atoms with E-state index in [4.69, 9.17) is 0 Å². The van der Waals surface area contributed by atoms with E-state index in [2.05, 4.69) is 27.4 Å². The molecular weight excluding hydrogens is 208 g/mol. The van der Waals surface area contributed by atoms with Crippen molar-refractivity contribution in [1.29, 1.82) is 0 Å².